The van der Waals surface area contributed by atoms with Crippen molar-refractivity contribution in [2.24, 2.45) is 0 Å². The fourth-order valence-electron chi connectivity index (χ4n) is 8.16. The molecule has 1 aliphatic heterocycles. The summed E-state index contributed by atoms with van der Waals surface area (Å²) >= 11 is 0. The van der Waals surface area contributed by atoms with E-state index in [1.807, 2.05) is 0 Å². The molecule has 0 bridgehead atoms. The first-order chi connectivity index (χ1) is 37.8. The second-order valence-corrected chi connectivity index (χ2v) is 22.6. The number of imidazole rings is 1. The van der Waals surface area contributed by atoms with Gasteiger partial charge in [-0.1, -0.05) is 31.4 Å². The van der Waals surface area contributed by atoms with Crippen molar-refractivity contribution >= 4 is 75.7 Å². The number of nitro groups is 2. The standard InChI is InChI=1S/C45H64N11O21P3/c1-29(73-31(3)57)35-21-32(12-15-37(35)55(61)62)23-46-18-8-6-7-11-39(58)49-24-33-13-16-38(56(63)64)36(22-33)30(2)74-45(60)48-20-10-5-4-9-19-47-40(59)25-50-43-42-44(52-27-51-43)54(28-53-42)41-17-14-34(75-41)26-72-79(68,69)77-80(70,71)76-78(65,66)67/h12-13,15-16,21-22,27-30,34,41,46H,4-11,14,17-20,23-26H2,1-3H3,(H,47,59)(H,48,60)(H,49,58)(H,68,69)(H,70,71)(H,50,51,52)(H2,65,66,67). The molecule has 35 heteroatoms. The Bertz CT molecular complexity index is 2970. The summed E-state index contributed by atoms with van der Waals surface area (Å²) in [7, 11) is -16.6. The summed E-state index contributed by atoms with van der Waals surface area (Å²) in [5, 5.41) is 37.8. The average Bonchev–Trinajstić information content (AvgIpc) is 4.04. The molecule has 0 saturated carbocycles. The summed E-state index contributed by atoms with van der Waals surface area (Å²) < 4.78 is 64.7. The number of alkyl carbamates (subject to hydrolysis) is 1. The number of anilines is 1. The zero-order valence-corrected chi connectivity index (χ0v) is 46.4. The van der Waals surface area contributed by atoms with E-state index >= 15 is 0 Å². The van der Waals surface area contributed by atoms with Gasteiger partial charge in [0.1, 0.15) is 24.8 Å². The largest absolute Gasteiger partial charge is 0.490 e. The molecular weight excluding hydrogens is 1120 g/mol. The van der Waals surface area contributed by atoms with Crippen molar-refractivity contribution < 1.29 is 89.6 Å². The van der Waals surface area contributed by atoms with Gasteiger partial charge in [0.25, 0.3) is 11.4 Å². The van der Waals surface area contributed by atoms with E-state index in [4.69, 9.17) is 24.0 Å². The Morgan fingerprint density at radius 1 is 0.750 bits per heavy atom. The van der Waals surface area contributed by atoms with Crippen LogP contribution in [0.4, 0.5) is 22.0 Å². The maximum Gasteiger partial charge on any atom is 0.490 e. The van der Waals surface area contributed by atoms with Gasteiger partial charge in [-0.05, 0) is 82.2 Å². The number of nitrogens with one attached hydrogen (secondary N) is 5. The Morgan fingerprint density at radius 2 is 1.36 bits per heavy atom. The van der Waals surface area contributed by atoms with Crippen LogP contribution in [0, 0.1) is 20.2 Å². The molecule has 80 heavy (non-hydrogen) atoms. The monoisotopic (exact) mass is 1190 g/mol. The van der Waals surface area contributed by atoms with Gasteiger partial charge >= 0.3 is 35.5 Å². The van der Waals surface area contributed by atoms with Crippen LogP contribution in [0.3, 0.4) is 0 Å². The van der Waals surface area contributed by atoms with E-state index < -0.39 is 76.5 Å². The average molecular weight is 1190 g/mol. The highest BCUT2D eigenvalue weighted by Crippen LogP contribution is 2.66. The molecule has 1 aliphatic rings. The number of hydrogen-bond donors (Lipinski definition) is 9. The maximum absolute atomic E-state index is 12.7. The Kier molecular flexibility index (Phi) is 24.5. The number of nitro benzene ring substituents is 2. The van der Waals surface area contributed by atoms with Crippen molar-refractivity contribution in [1.29, 1.82) is 0 Å². The number of esters is 1. The number of phosphoric acid groups is 3. The van der Waals surface area contributed by atoms with Gasteiger partial charge in [-0.15, -0.1) is 0 Å². The molecular formula is C45H64N11O21P3. The molecule has 6 unspecified atom stereocenters. The number of ether oxygens (including phenoxy) is 3. The summed E-state index contributed by atoms with van der Waals surface area (Å²) in [5.41, 5.74) is 2.05. The minimum atomic E-state index is -5.68. The second-order valence-electron chi connectivity index (χ2n) is 18.1. The van der Waals surface area contributed by atoms with Crippen molar-refractivity contribution in [3.05, 3.63) is 91.5 Å². The third kappa shape index (κ3) is 21.6. The molecule has 0 aliphatic carbocycles. The second kappa shape index (κ2) is 30.4. The van der Waals surface area contributed by atoms with Crippen LogP contribution in [0.2, 0.25) is 0 Å². The molecule has 4 aromatic rings. The normalized spacial score (nSPS) is 16.6. The van der Waals surface area contributed by atoms with Gasteiger partial charge in [0.2, 0.25) is 11.8 Å². The molecule has 440 valence electrons. The van der Waals surface area contributed by atoms with Crippen LogP contribution in [-0.2, 0) is 68.5 Å². The first-order valence-corrected chi connectivity index (χ1v) is 29.6. The number of benzene rings is 2. The molecule has 32 nitrogen and oxygen atoms in total. The van der Waals surface area contributed by atoms with Crippen molar-refractivity contribution in [3.63, 3.8) is 0 Å². The van der Waals surface area contributed by atoms with E-state index in [0.717, 1.165) is 24.8 Å². The van der Waals surface area contributed by atoms with Crippen LogP contribution < -0.4 is 26.6 Å². The van der Waals surface area contributed by atoms with Gasteiger partial charge in [0, 0.05) is 51.7 Å². The topological polar surface area (TPSA) is 446 Å². The van der Waals surface area contributed by atoms with E-state index in [0.29, 0.717) is 74.0 Å². The third-order valence-corrected chi connectivity index (χ3v) is 15.7. The van der Waals surface area contributed by atoms with Crippen LogP contribution >= 0.6 is 23.5 Å². The van der Waals surface area contributed by atoms with Crippen LogP contribution in [0.15, 0.2) is 49.1 Å². The Balaban J connectivity index is 0.925. The number of nitrogens with zero attached hydrogens (tertiary/aromatic N) is 6. The molecule has 1 saturated heterocycles. The number of fused-ring (bicyclic) bond motifs is 1. The lowest BCUT2D eigenvalue weighted by Gasteiger charge is -2.18. The van der Waals surface area contributed by atoms with Crippen molar-refractivity contribution in [2.75, 3.05) is 38.1 Å². The lowest BCUT2D eigenvalue weighted by atomic mass is 10.0. The molecule has 1 fully saturated rings. The molecule has 6 atom stereocenters. The summed E-state index contributed by atoms with van der Waals surface area (Å²) in [6.07, 6.45) is 4.21. The molecule has 5 rings (SSSR count). The Morgan fingerprint density at radius 3 is 2.00 bits per heavy atom. The van der Waals surface area contributed by atoms with Gasteiger partial charge in [0.05, 0.1) is 46.6 Å². The molecule has 0 radical (unpaired) electrons. The van der Waals surface area contributed by atoms with Crippen LogP contribution in [0.1, 0.15) is 126 Å². The van der Waals surface area contributed by atoms with Crippen LogP contribution in [-0.4, -0.2) is 112 Å². The zero-order valence-electron chi connectivity index (χ0n) is 43.7. The Labute approximate surface area is 457 Å². The number of carbonyl (C=O) groups excluding carboxylic acids is 4. The number of rotatable bonds is 34. The van der Waals surface area contributed by atoms with Crippen LogP contribution in [0.25, 0.3) is 11.2 Å². The van der Waals surface area contributed by atoms with Gasteiger partial charge in [-0.2, -0.15) is 8.62 Å². The summed E-state index contributed by atoms with van der Waals surface area (Å²) in [6, 6.07) is 8.99. The first-order valence-electron chi connectivity index (χ1n) is 25.0. The molecule has 3 heterocycles. The molecule has 0 spiro atoms. The van der Waals surface area contributed by atoms with E-state index in [2.05, 4.69) is 54.7 Å². The SMILES string of the molecule is CC(=O)OC(C)c1cc(CNCCCCCC(=O)NCc2ccc([N+](=O)[O-])c(C(C)OC(=O)NCCCCCCNC(=O)CNc3ncnc4c3ncn4C3CCC(COP(=O)(O)OP(=O)(O)OP(=O)(O)O)O3)c2)ccc1[N+](=O)[O-]. The third-order valence-electron chi connectivity index (χ3n) is 11.9. The first kappa shape index (κ1) is 64.4. The molecule has 2 aromatic heterocycles. The molecule has 2 aromatic carbocycles. The number of carbonyl (C=O) groups is 4. The number of phosphoric ester groups is 1. The van der Waals surface area contributed by atoms with Gasteiger partial charge in [-0.3, -0.25) is 43.7 Å². The highest BCUT2D eigenvalue weighted by atomic mass is 31.3. The van der Waals surface area contributed by atoms with Gasteiger partial charge in [0.15, 0.2) is 17.0 Å². The van der Waals surface area contributed by atoms with Crippen molar-refractivity contribution in [1.82, 2.24) is 40.8 Å². The summed E-state index contributed by atoms with van der Waals surface area (Å²) in [4.78, 5) is 121. The van der Waals surface area contributed by atoms with Gasteiger partial charge in [-0.25, -0.2) is 33.4 Å². The molecule has 3 amide bonds. The summed E-state index contributed by atoms with van der Waals surface area (Å²) in [5.74, 6) is -0.837. The van der Waals surface area contributed by atoms with Crippen molar-refractivity contribution in [3.8, 4) is 0 Å². The quantitative estimate of drug-likeness (QED) is 0.00873. The Hall–Kier alpha value is -6.40. The predicted molar refractivity (Wildman–Crippen MR) is 280 cm³/mol. The molecule has 9 N–H and O–H groups in total. The summed E-state index contributed by atoms with van der Waals surface area (Å²) in [6.45, 7) is 5.33. The smallest absolute Gasteiger partial charge is 0.458 e. The minimum absolute atomic E-state index is 0.0929. The zero-order chi connectivity index (χ0) is 58.6. The fraction of sp³-hybridized carbons (Fsp3) is 0.533. The lowest BCUT2D eigenvalue weighted by Crippen LogP contribution is -2.30. The number of unbranched alkanes of at least 4 members (excludes halogenated alkanes) is 5. The van der Waals surface area contributed by atoms with E-state index in [1.54, 1.807) is 23.6 Å². The van der Waals surface area contributed by atoms with Crippen molar-refractivity contribution in [2.45, 2.75) is 123 Å². The maximum atomic E-state index is 12.7. The fourth-order valence-corrected chi connectivity index (χ4v) is 11.2. The number of aromatic nitrogens is 4. The predicted octanol–water partition coefficient (Wildman–Crippen LogP) is 5.83. The lowest BCUT2D eigenvalue weighted by molar-refractivity contribution is -0.386. The number of amides is 3. The highest BCUT2D eigenvalue weighted by Gasteiger charge is 2.41. The van der Waals surface area contributed by atoms with E-state index in [1.165, 1.54) is 50.8 Å². The van der Waals surface area contributed by atoms with E-state index in [-0.39, 0.29) is 67.0 Å². The highest BCUT2D eigenvalue weighted by molar-refractivity contribution is 7.66. The van der Waals surface area contributed by atoms with Gasteiger partial charge < -0.3 is 60.4 Å². The van der Waals surface area contributed by atoms with E-state index in [9.17, 15) is 62.9 Å². The van der Waals surface area contributed by atoms with Crippen LogP contribution in [0.5, 0.6) is 0 Å². The minimum Gasteiger partial charge on any atom is -0.458 e. The number of hydrogen-bond acceptors (Lipinski definition) is 22.